The number of rotatable bonds is 4. The van der Waals surface area contributed by atoms with Crippen LogP contribution in [-0.2, 0) is 14.6 Å². The Morgan fingerprint density at radius 3 is 2.70 bits per heavy atom. The maximum atomic E-state index is 11.5. The number of carboxylic acids is 1. The standard InChI is InChI=1S/C11H10N2O5S2/c1-20(17,18)5-9(14)13-11-12-7-3-2-6(10(15)16)4-8(7)19-11/h2-4H,5H2,1H3,(H,15,16)(H,12,13,14). The number of aromatic nitrogens is 1. The molecule has 1 heterocycles. The van der Waals surface area contributed by atoms with E-state index in [4.69, 9.17) is 5.11 Å². The second-order valence-corrected chi connectivity index (χ2v) is 7.30. The molecule has 0 bridgehead atoms. The molecule has 0 aliphatic rings. The van der Waals surface area contributed by atoms with Crippen molar-refractivity contribution >= 4 is 48.4 Å². The molecule has 0 atom stereocenters. The summed E-state index contributed by atoms with van der Waals surface area (Å²) in [7, 11) is -3.40. The number of nitrogens with zero attached hydrogens (tertiary/aromatic N) is 1. The van der Waals surface area contributed by atoms with Crippen LogP contribution in [0.15, 0.2) is 18.2 Å². The first-order valence-electron chi connectivity index (χ1n) is 5.36. The van der Waals surface area contributed by atoms with Crippen molar-refractivity contribution in [2.24, 2.45) is 0 Å². The molecule has 2 aromatic rings. The number of amides is 1. The molecule has 2 rings (SSSR count). The molecule has 0 aliphatic carbocycles. The van der Waals surface area contributed by atoms with E-state index in [1.807, 2.05) is 0 Å². The molecule has 0 aliphatic heterocycles. The lowest BCUT2D eigenvalue weighted by molar-refractivity contribution is -0.113. The smallest absolute Gasteiger partial charge is 0.335 e. The summed E-state index contributed by atoms with van der Waals surface area (Å²) in [5.74, 6) is -2.35. The molecule has 1 amide bonds. The molecule has 0 unspecified atom stereocenters. The highest BCUT2D eigenvalue weighted by atomic mass is 32.2. The van der Waals surface area contributed by atoms with Gasteiger partial charge in [-0.2, -0.15) is 0 Å². The number of sulfone groups is 1. The molecular weight excluding hydrogens is 304 g/mol. The second-order valence-electron chi connectivity index (χ2n) is 4.12. The minimum atomic E-state index is -3.40. The summed E-state index contributed by atoms with van der Waals surface area (Å²) in [4.78, 5) is 26.4. The van der Waals surface area contributed by atoms with Gasteiger partial charge in [-0.25, -0.2) is 18.2 Å². The molecule has 7 nitrogen and oxygen atoms in total. The summed E-state index contributed by atoms with van der Waals surface area (Å²) >= 11 is 1.08. The van der Waals surface area contributed by atoms with E-state index in [0.29, 0.717) is 10.2 Å². The van der Waals surface area contributed by atoms with E-state index in [9.17, 15) is 18.0 Å². The predicted molar refractivity (Wildman–Crippen MR) is 74.9 cm³/mol. The number of nitrogens with one attached hydrogen (secondary N) is 1. The summed E-state index contributed by atoms with van der Waals surface area (Å²) in [5.41, 5.74) is 0.657. The van der Waals surface area contributed by atoms with E-state index in [2.05, 4.69) is 10.3 Å². The molecule has 1 aromatic heterocycles. The van der Waals surface area contributed by atoms with Crippen LogP contribution < -0.4 is 5.32 Å². The maximum absolute atomic E-state index is 11.5. The Morgan fingerprint density at radius 2 is 2.10 bits per heavy atom. The van der Waals surface area contributed by atoms with Crippen molar-refractivity contribution in [3.8, 4) is 0 Å². The van der Waals surface area contributed by atoms with Crippen LogP contribution in [-0.4, -0.2) is 42.4 Å². The molecule has 0 saturated carbocycles. The molecule has 0 radical (unpaired) electrons. The Bertz CT molecular complexity index is 794. The van der Waals surface area contributed by atoms with Crippen LogP contribution in [0.3, 0.4) is 0 Å². The second kappa shape index (κ2) is 5.17. The van der Waals surface area contributed by atoms with Gasteiger partial charge < -0.3 is 10.4 Å². The van der Waals surface area contributed by atoms with Gasteiger partial charge >= 0.3 is 5.97 Å². The summed E-state index contributed by atoms with van der Waals surface area (Å²) in [6, 6.07) is 4.38. The fourth-order valence-corrected chi connectivity index (χ4v) is 2.97. The third-order valence-electron chi connectivity index (χ3n) is 2.28. The van der Waals surface area contributed by atoms with Crippen LogP contribution in [0.5, 0.6) is 0 Å². The third kappa shape index (κ3) is 3.52. The number of hydrogen-bond acceptors (Lipinski definition) is 6. The molecule has 1 aromatic carbocycles. The number of fused-ring (bicyclic) bond motifs is 1. The average molecular weight is 314 g/mol. The summed E-state index contributed by atoms with van der Waals surface area (Å²) in [5, 5.41) is 11.5. The van der Waals surface area contributed by atoms with E-state index in [1.165, 1.54) is 18.2 Å². The molecule has 0 spiro atoms. The van der Waals surface area contributed by atoms with E-state index in [0.717, 1.165) is 17.6 Å². The molecule has 9 heteroatoms. The van der Waals surface area contributed by atoms with E-state index in [-0.39, 0.29) is 10.7 Å². The van der Waals surface area contributed by atoms with Gasteiger partial charge in [0.2, 0.25) is 5.91 Å². The number of hydrogen-bond donors (Lipinski definition) is 2. The highest BCUT2D eigenvalue weighted by molar-refractivity contribution is 7.91. The summed E-state index contributed by atoms with van der Waals surface area (Å²) < 4.78 is 22.6. The van der Waals surface area contributed by atoms with Crippen molar-refractivity contribution in [1.29, 1.82) is 0 Å². The van der Waals surface area contributed by atoms with Gasteiger partial charge in [-0.15, -0.1) is 0 Å². The molecule has 0 fully saturated rings. The Labute approximate surface area is 118 Å². The normalized spacial score (nSPS) is 11.4. The van der Waals surface area contributed by atoms with E-state index >= 15 is 0 Å². The van der Waals surface area contributed by atoms with Gasteiger partial charge in [-0.05, 0) is 18.2 Å². The Morgan fingerprint density at radius 1 is 1.40 bits per heavy atom. The lowest BCUT2D eigenvalue weighted by Gasteiger charge is -1.98. The number of thiazole rings is 1. The Balaban J connectivity index is 2.24. The zero-order chi connectivity index (χ0) is 14.9. The van der Waals surface area contributed by atoms with Crippen LogP contribution in [0.25, 0.3) is 10.2 Å². The van der Waals surface area contributed by atoms with Gasteiger partial charge in [0.25, 0.3) is 0 Å². The van der Waals surface area contributed by atoms with Crippen molar-refractivity contribution in [3.05, 3.63) is 23.8 Å². The van der Waals surface area contributed by atoms with Crippen molar-refractivity contribution in [2.75, 3.05) is 17.3 Å². The van der Waals surface area contributed by atoms with Gasteiger partial charge in [-0.3, -0.25) is 4.79 Å². The summed E-state index contributed by atoms with van der Waals surface area (Å²) in [6.45, 7) is 0. The number of benzene rings is 1. The van der Waals surface area contributed by atoms with Crippen LogP contribution in [0.4, 0.5) is 5.13 Å². The zero-order valence-electron chi connectivity index (χ0n) is 10.3. The predicted octanol–water partition coefficient (Wildman–Crippen LogP) is 0.978. The van der Waals surface area contributed by atoms with Crippen LogP contribution in [0.1, 0.15) is 10.4 Å². The highest BCUT2D eigenvalue weighted by Crippen LogP contribution is 2.26. The third-order valence-corrected chi connectivity index (χ3v) is 4.00. The van der Waals surface area contributed by atoms with Crippen molar-refractivity contribution in [2.45, 2.75) is 0 Å². The first kappa shape index (κ1) is 14.4. The van der Waals surface area contributed by atoms with Crippen LogP contribution in [0, 0.1) is 0 Å². The van der Waals surface area contributed by atoms with Gasteiger partial charge in [0.15, 0.2) is 15.0 Å². The van der Waals surface area contributed by atoms with Crippen molar-refractivity contribution in [3.63, 3.8) is 0 Å². The fraction of sp³-hybridized carbons (Fsp3) is 0.182. The van der Waals surface area contributed by atoms with E-state index < -0.39 is 27.5 Å². The minimum absolute atomic E-state index is 0.121. The van der Waals surface area contributed by atoms with E-state index in [1.54, 1.807) is 0 Å². The topological polar surface area (TPSA) is 113 Å². The van der Waals surface area contributed by atoms with Gasteiger partial charge in [0.1, 0.15) is 5.75 Å². The number of anilines is 1. The highest BCUT2D eigenvalue weighted by Gasteiger charge is 2.14. The van der Waals surface area contributed by atoms with Gasteiger partial charge in [-0.1, -0.05) is 11.3 Å². The van der Waals surface area contributed by atoms with Crippen molar-refractivity contribution in [1.82, 2.24) is 4.98 Å². The molecule has 20 heavy (non-hydrogen) atoms. The lowest BCUT2D eigenvalue weighted by Crippen LogP contribution is -2.21. The molecule has 106 valence electrons. The zero-order valence-corrected chi connectivity index (χ0v) is 11.9. The quantitative estimate of drug-likeness (QED) is 0.869. The lowest BCUT2D eigenvalue weighted by atomic mass is 10.2. The SMILES string of the molecule is CS(=O)(=O)CC(=O)Nc1nc2ccc(C(=O)O)cc2s1. The number of aromatic carboxylic acids is 1. The average Bonchev–Trinajstić information content (AvgIpc) is 2.66. The monoisotopic (exact) mass is 314 g/mol. The fourth-order valence-electron chi connectivity index (χ4n) is 1.50. The molecule has 0 saturated heterocycles. The molecule has 2 N–H and O–H groups in total. The van der Waals surface area contributed by atoms with Gasteiger partial charge in [0.05, 0.1) is 15.8 Å². The number of carboxylic acid groups (broad SMARTS) is 1. The Kier molecular flexibility index (Phi) is 3.73. The van der Waals surface area contributed by atoms with Crippen LogP contribution in [0.2, 0.25) is 0 Å². The number of carbonyl (C=O) groups is 2. The molecular formula is C11H10N2O5S2. The number of carbonyl (C=O) groups excluding carboxylic acids is 1. The van der Waals surface area contributed by atoms with Crippen molar-refractivity contribution < 1.29 is 23.1 Å². The maximum Gasteiger partial charge on any atom is 0.335 e. The van der Waals surface area contributed by atoms with Crippen LogP contribution >= 0.6 is 11.3 Å². The minimum Gasteiger partial charge on any atom is -0.478 e. The largest absolute Gasteiger partial charge is 0.478 e. The summed E-state index contributed by atoms with van der Waals surface area (Å²) in [6.07, 6.45) is 0.962. The van der Waals surface area contributed by atoms with Gasteiger partial charge in [0, 0.05) is 6.26 Å². The first-order chi connectivity index (χ1) is 9.24. The first-order valence-corrected chi connectivity index (χ1v) is 8.24. The Hall–Kier alpha value is -2.00.